The molecule has 17 heavy (non-hydrogen) atoms. The van der Waals surface area contributed by atoms with E-state index in [9.17, 15) is 0 Å². The zero-order valence-corrected chi connectivity index (χ0v) is 11.2. The van der Waals surface area contributed by atoms with Crippen molar-refractivity contribution >= 4 is 17.3 Å². The van der Waals surface area contributed by atoms with Crippen LogP contribution in [0.3, 0.4) is 0 Å². The van der Waals surface area contributed by atoms with Gasteiger partial charge in [-0.25, -0.2) is 15.0 Å². The molecule has 0 aromatic carbocycles. The van der Waals surface area contributed by atoms with E-state index in [0.717, 1.165) is 35.2 Å². The third kappa shape index (κ3) is 3.00. The Hall–Kier alpha value is -1.49. The molecule has 2 aromatic rings. The number of hydrogen-bond donors (Lipinski definition) is 0. The van der Waals surface area contributed by atoms with Crippen molar-refractivity contribution in [3.63, 3.8) is 0 Å². The minimum Gasteiger partial charge on any atom is -0.338 e. The molecule has 0 saturated heterocycles. The molecule has 2 rings (SSSR count). The summed E-state index contributed by atoms with van der Waals surface area (Å²) in [5.41, 5.74) is 2.23. The van der Waals surface area contributed by atoms with Gasteiger partial charge in [-0.3, -0.25) is 0 Å². The molecular weight excluding hydrogens is 232 g/mol. The van der Waals surface area contributed by atoms with E-state index in [2.05, 4.69) is 27.3 Å². The second-order valence-electron chi connectivity index (χ2n) is 3.96. The normalized spacial score (nSPS) is 10.5. The van der Waals surface area contributed by atoms with E-state index >= 15 is 0 Å². The summed E-state index contributed by atoms with van der Waals surface area (Å²) >= 11 is 1.67. The highest BCUT2D eigenvalue weighted by molar-refractivity contribution is 7.09. The van der Waals surface area contributed by atoms with Crippen molar-refractivity contribution in [2.75, 3.05) is 11.9 Å². The molecule has 0 saturated carbocycles. The molecule has 0 unspecified atom stereocenters. The van der Waals surface area contributed by atoms with Crippen LogP contribution in [-0.2, 0) is 13.0 Å². The van der Waals surface area contributed by atoms with Gasteiger partial charge in [0.15, 0.2) is 0 Å². The number of hydrogen-bond acceptors (Lipinski definition) is 5. The average Bonchev–Trinajstić information content (AvgIpc) is 2.75. The summed E-state index contributed by atoms with van der Waals surface area (Å²) in [6, 6.07) is 0. The molecule has 0 fully saturated rings. The smallest absolute Gasteiger partial charge is 0.225 e. The summed E-state index contributed by atoms with van der Waals surface area (Å²) in [6.07, 6.45) is 4.73. The lowest BCUT2D eigenvalue weighted by Crippen LogP contribution is -2.19. The molecule has 2 aromatic heterocycles. The van der Waals surface area contributed by atoms with Gasteiger partial charge in [-0.05, 0) is 18.9 Å². The maximum Gasteiger partial charge on any atom is 0.225 e. The average molecular weight is 248 g/mol. The Bertz CT molecular complexity index is 478. The first-order valence-corrected chi connectivity index (χ1v) is 6.50. The Morgan fingerprint density at radius 1 is 1.29 bits per heavy atom. The second kappa shape index (κ2) is 5.23. The van der Waals surface area contributed by atoms with Crippen LogP contribution in [0.4, 0.5) is 5.95 Å². The van der Waals surface area contributed by atoms with Gasteiger partial charge in [0.25, 0.3) is 0 Å². The van der Waals surface area contributed by atoms with Crippen LogP contribution in [0, 0.1) is 6.92 Å². The lowest BCUT2D eigenvalue weighted by Gasteiger charge is -2.15. The summed E-state index contributed by atoms with van der Waals surface area (Å²) in [6.45, 7) is 4.86. The largest absolute Gasteiger partial charge is 0.338 e. The molecule has 0 spiro atoms. The molecule has 4 nitrogen and oxygen atoms in total. The predicted octanol–water partition coefficient (Wildman–Crippen LogP) is 2.44. The number of nitrogens with zero attached hydrogens (tertiary/aromatic N) is 4. The molecule has 0 amide bonds. The molecule has 0 aliphatic heterocycles. The third-order valence-electron chi connectivity index (χ3n) is 2.51. The number of anilines is 1. The zero-order valence-electron chi connectivity index (χ0n) is 10.3. The van der Waals surface area contributed by atoms with Crippen molar-refractivity contribution < 1.29 is 0 Å². The van der Waals surface area contributed by atoms with E-state index in [1.807, 2.05) is 31.3 Å². The van der Waals surface area contributed by atoms with Gasteiger partial charge in [-0.1, -0.05) is 6.92 Å². The van der Waals surface area contributed by atoms with E-state index in [1.165, 1.54) is 0 Å². The molecule has 0 bridgehead atoms. The first-order valence-electron chi connectivity index (χ1n) is 5.62. The molecule has 90 valence electrons. The lowest BCUT2D eigenvalue weighted by molar-refractivity contribution is 0.839. The van der Waals surface area contributed by atoms with Crippen LogP contribution in [0.1, 0.15) is 23.2 Å². The number of thiazole rings is 1. The summed E-state index contributed by atoms with van der Waals surface area (Å²) in [5, 5.41) is 3.17. The van der Waals surface area contributed by atoms with Crippen molar-refractivity contribution in [2.24, 2.45) is 0 Å². The molecule has 0 N–H and O–H groups in total. The SMILES string of the molecule is CCc1cnc(N(C)Cc2csc(C)n2)nc1. The van der Waals surface area contributed by atoms with E-state index in [-0.39, 0.29) is 0 Å². The Morgan fingerprint density at radius 2 is 2.00 bits per heavy atom. The van der Waals surface area contributed by atoms with Crippen LogP contribution in [0.2, 0.25) is 0 Å². The van der Waals surface area contributed by atoms with Gasteiger partial charge in [0.2, 0.25) is 5.95 Å². The van der Waals surface area contributed by atoms with E-state index in [0.29, 0.717) is 0 Å². The number of aryl methyl sites for hydroxylation is 2. The number of aromatic nitrogens is 3. The van der Waals surface area contributed by atoms with Gasteiger partial charge in [0.05, 0.1) is 17.2 Å². The number of rotatable bonds is 4. The topological polar surface area (TPSA) is 41.9 Å². The highest BCUT2D eigenvalue weighted by Crippen LogP contribution is 2.13. The van der Waals surface area contributed by atoms with Crippen molar-refractivity contribution in [3.05, 3.63) is 34.0 Å². The van der Waals surface area contributed by atoms with Gasteiger partial charge < -0.3 is 4.90 Å². The highest BCUT2D eigenvalue weighted by atomic mass is 32.1. The van der Waals surface area contributed by atoms with Crippen LogP contribution in [-0.4, -0.2) is 22.0 Å². The second-order valence-corrected chi connectivity index (χ2v) is 5.02. The Labute approximate surface area is 105 Å². The maximum absolute atomic E-state index is 4.43. The van der Waals surface area contributed by atoms with Crippen molar-refractivity contribution in [2.45, 2.75) is 26.8 Å². The van der Waals surface area contributed by atoms with Gasteiger partial charge in [0.1, 0.15) is 0 Å². The van der Waals surface area contributed by atoms with Crippen LogP contribution in [0.25, 0.3) is 0 Å². The van der Waals surface area contributed by atoms with Crippen LogP contribution < -0.4 is 4.90 Å². The monoisotopic (exact) mass is 248 g/mol. The van der Waals surface area contributed by atoms with Gasteiger partial charge >= 0.3 is 0 Å². The minimum absolute atomic E-state index is 0.743. The molecule has 0 aliphatic rings. The Kier molecular flexibility index (Phi) is 3.68. The molecule has 0 radical (unpaired) electrons. The van der Waals surface area contributed by atoms with E-state index < -0.39 is 0 Å². The molecule has 0 aliphatic carbocycles. The third-order valence-corrected chi connectivity index (χ3v) is 3.33. The lowest BCUT2D eigenvalue weighted by atomic mass is 10.3. The van der Waals surface area contributed by atoms with Crippen LogP contribution in [0.5, 0.6) is 0 Å². The van der Waals surface area contributed by atoms with Crippen molar-refractivity contribution in [1.29, 1.82) is 0 Å². The fourth-order valence-electron chi connectivity index (χ4n) is 1.52. The summed E-state index contributed by atoms with van der Waals surface area (Å²) < 4.78 is 0. The molecule has 5 heteroatoms. The fourth-order valence-corrected chi connectivity index (χ4v) is 2.13. The van der Waals surface area contributed by atoms with E-state index in [1.54, 1.807) is 11.3 Å². The minimum atomic E-state index is 0.743. The summed E-state index contributed by atoms with van der Waals surface area (Å²) in [4.78, 5) is 15.1. The molecular formula is C12H16N4S. The van der Waals surface area contributed by atoms with Crippen LogP contribution >= 0.6 is 11.3 Å². The van der Waals surface area contributed by atoms with Crippen molar-refractivity contribution in [3.8, 4) is 0 Å². The van der Waals surface area contributed by atoms with Gasteiger partial charge in [-0.15, -0.1) is 11.3 Å². The van der Waals surface area contributed by atoms with Gasteiger partial charge in [0, 0.05) is 24.8 Å². The standard InChI is InChI=1S/C12H16N4S/c1-4-10-5-13-12(14-6-10)16(3)7-11-8-17-9(2)15-11/h5-6,8H,4,7H2,1-3H3. The molecule has 0 atom stereocenters. The first-order chi connectivity index (χ1) is 8.19. The summed E-state index contributed by atoms with van der Waals surface area (Å²) in [5.74, 6) is 0.743. The molecule has 2 heterocycles. The Morgan fingerprint density at radius 3 is 2.53 bits per heavy atom. The van der Waals surface area contributed by atoms with E-state index in [4.69, 9.17) is 0 Å². The summed E-state index contributed by atoms with van der Waals surface area (Å²) in [7, 11) is 1.98. The fraction of sp³-hybridized carbons (Fsp3) is 0.417. The van der Waals surface area contributed by atoms with Crippen LogP contribution in [0.15, 0.2) is 17.8 Å². The van der Waals surface area contributed by atoms with Crippen molar-refractivity contribution in [1.82, 2.24) is 15.0 Å². The zero-order chi connectivity index (χ0) is 12.3. The predicted molar refractivity (Wildman–Crippen MR) is 70.4 cm³/mol. The van der Waals surface area contributed by atoms with Gasteiger partial charge in [-0.2, -0.15) is 0 Å². The maximum atomic E-state index is 4.43. The Balaban J connectivity index is 2.06. The quantitative estimate of drug-likeness (QED) is 0.833. The highest BCUT2D eigenvalue weighted by Gasteiger charge is 2.07. The first kappa shape index (κ1) is 12.0.